The van der Waals surface area contributed by atoms with Gasteiger partial charge < -0.3 is 0 Å². The van der Waals surface area contributed by atoms with E-state index in [0.717, 1.165) is 10.0 Å². The van der Waals surface area contributed by atoms with Crippen LogP contribution in [-0.2, 0) is 6.42 Å². The first-order valence-electron chi connectivity index (χ1n) is 3.15. The minimum absolute atomic E-state index is 0.306. The molecule has 0 saturated carbocycles. The number of nitrogens with zero attached hydrogens (tertiary/aromatic N) is 1. The Balaban J connectivity index is 3.20. The van der Waals surface area contributed by atoms with E-state index in [0.29, 0.717) is 16.5 Å². The summed E-state index contributed by atoms with van der Waals surface area (Å²) in [7, 11) is 0. The minimum atomic E-state index is 0.306. The molecule has 0 radical (unpaired) electrons. The molecule has 0 aromatic heterocycles. The summed E-state index contributed by atoms with van der Waals surface area (Å²) in [5.41, 5.74) is 0.815. The normalized spacial score (nSPS) is 9.50. The van der Waals surface area contributed by atoms with Gasteiger partial charge in [-0.2, -0.15) is 5.26 Å². The van der Waals surface area contributed by atoms with E-state index >= 15 is 0 Å². The maximum absolute atomic E-state index is 8.47. The van der Waals surface area contributed by atoms with E-state index in [4.69, 9.17) is 28.5 Å². The van der Waals surface area contributed by atoms with Crippen LogP contribution in [0.2, 0.25) is 10.0 Å². The lowest BCUT2D eigenvalue weighted by Crippen LogP contribution is -1.84. The number of rotatable bonds is 1. The maximum Gasteiger partial charge on any atom is 0.0670 e. The Morgan fingerprint density at radius 3 is 2.67 bits per heavy atom. The second-order valence-electron chi connectivity index (χ2n) is 2.20. The molecule has 0 aliphatic heterocycles. The van der Waals surface area contributed by atoms with Crippen molar-refractivity contribution in [3.8, 4) is 6.07 Å². The van der Waals surface area contributed by atoms with E-state index in [2.05, 4.69) is 15.9 Å². The molecule has 1 aromatic carbocycles. The first-order chi connectivity index (χ1) is 5.65. The molecule has 0 aliphatic rings. The van der Waals surface area contributed by atoms with Crippen LogP contribution in [-0.4, -0.2) is 0 Å². The van der Waals surface area contributed by atoms with Crippen molar-refractivity contribution in [2.24, 2.45) is 0 Å². The van der Waals surface area contributed by atoms with Crippen LogP contribution in [0.15, 0.2) is 16.6 Å². The van der Waals surface area contributed by atoms with E-state index in [9.17, 15) is 0 Å². The Bertz CT molecular complexity index is 344. The third-order valence-electron chi connectivity index (χ3n) is 1.34. The highest BCUT2D eigenvalue weighted by molar-refractivity contribution is 9.10. The fourth-order valence-electron chi connectivity index (χ4n) is 0.823. The van der Waals surface area contributed by atoms with Crippen LogP contribution >= 0.6 is 39.1 Å². The molecule has 0 fully saturated rings. The largest absolute Gasteiger partial charge is 0.198 e. The summed E-state index contributed by atoms with van der Waals surface area (Å²) in [6.45, 7) is 0. The molecule has 0 saturated heterocycles. The molecule has 0 aliphatic carbocycles. The van der Waals surface area contributed by atoms with Gasteiger partial charge in [0, 0.05) is 9.50 Å². The summed E-state index contributed by atoms with van der Waals surface area (Å²) in [5, 5.41) is 9.55. The Hall–Kier alpha value is -0.230. The van der Waals surface area contributed by atoms with E-state index < -0.39 is 0 Å². The number of benzene rings is 1. The monoisotopic (exact) mass is 263 g/mol. The zero-order valence-electron chi connectivity index (χ0n) is 5.94. The van der Waals surface area contributed by atoms with Gasteiger partial charge in [0.1, 0.15) is 0 Å². The molecule has 1 nitrogen and oxygen atoms in total. The van der Waals surface area contributed by atoms with Crippen LogP contribution in [0.1, 0.15) is 5.56 Å². The van der Waals surface area contributed by atoms with Crippen molar-refractivity contribution in [1.29, 1.82) is 5.26 Å². The maximum atomic E-state index is 8.47. The highest BCUT2D eigenvalue weighted by Crippen LogP contribution is 2.30. The molecule has 1 aromatic rings. The standard InChI is InChI=1S/C8H4BrCl2N/c9-8-5(1-2-12)3-6(10)4-7(8)11/h3-4H,1H2. The van der Waals surface area contributed by atoms with Crippen molar-refractivity contribution in [2.45, 2.75) is 6.42 Å². The third kappa shape index (κ3) is 2.13. The molecular weight excluding hydrogens is 261 g/mol. The average Bonchev–Trinajstić information content (AvgIpc) is 2.00. The van der Waals surface area contributed by atoms with Crippen molar-refractivity contribution in [1.82, 2.24) is 0 Å². The van der Waals surface area contributed by atoms with Crippen LogP contribution < -0.4 is 0 Å². The lowest BCUT2D eigenvalue weighted by Gasteiger charge is -2.02. The lowest BCUT2D eigenvalue weighted by molar-refractivity contribution is 1.25. The van der Waals surface area contributed by atoms with Gasteiger partial charge in [0.2, 0.25) is 0 Å². The van der Waals surface area contributed by atoms with Gasteiger partial charge in [-0.1, -0.05) is 23.2 Å². The SMILES string of the molecule is N#CCc1cc(Cl)cc(Cl)c1Br. The Labute approximate surface area is 89.0 Å². The fraction of sp³-hybridized carbons (Fsp3) is 0.125. The van der Waals surface area contributed by atoms with Gasteiger partial charge in [0.05, 0.1) is 17.5 Å². The quantitative estimate of drug-likeness (QED) is 0.708. The van der Waals surface area contributed by atoms with Crippen LogP contribution in [0.4, 0.5) is 0 Å². The lowest BCUT2D eigenvalue weighted by atomic mass is 10.2. The zero-order chi connectivity index (χ0) is 9.14. The molecule has 1 rings (SSSR count). The predicted molar refractivity (Wildman–Crippen MR) is 53.5 cm³/mol. The highest BCUT2D eigenvalue weighted by atomic mass is 79.9. The van der Waals surface area contributed by atoms with E-state index in [-0.39, 0.29) is 0 Å². The fourth-order valence-corrected chi connectivity index (χ4v) is 1.73. The topological polar surface area (TPSA) is 23.8 Å². The van der Waals surface area contributed by atoms with E-state index in [1.54, 1.807) is 12.1 Å². The number of hydrogen-bond acceptors (Lipinski definition) is 1. The summed E-state index contributed by atoms with van der Waals surface area (Å²) >= 11 is 14.8. The van der Waals surface area contributed by atoms with Gasteiger partial charge >= 0.3 is 0 Å². The third-order valence-corrected chi connectivity index (χ3v) is 3.02. The van der Waals surface area contributed by atoms with Gasteiger partial charge in [0.25, 0.3) is 0 Å². The molecule has 12 heavy (non-hydrogen) atoms. The molecule has 0 heterocycles. The van der Waals surface area contributed by atoms with Crippen LogP contribution in [0, 0.1) is 11.3 Å². The molecule has 4 heteroatoms. The smallest absolute Gasteiger partial charge is 0.0670 e. The van der Waals surface area contributed by atoms with E-state index in [1.807, 2.05) is 6.07 Å². The predicted octanol–water partition coefficient (Wildman–Crippen LogP) is 3.82. The van der Waals surface area contributed by atoms with Crippen molar-refractivity contribution >= 4 is 39.1 Å². The summed E-state index contributed by atoms with van der Waals surface area (Å²) in [6, 6.07) is 5.39. The minimum Gasteiger partial charge on any atom is -0.198 e. The summed E-state index contributed by atoms with van der Waals surface area (Å²) in [6.07, 6.45) is 0.306. The molecular formula is C8H4BrCl2N. The van der Waals surface area contributed by atoms with Gasteiger partial charge in [-0.3, -0.25) is 0 Å². The Kier molecular flexibility index (Phi) is 3.39. The van der Waals surface area contributed by atoms with Gasteiger partial charge in [-0.25, -0.2) is 0 Å². The Morgan fingerprint density at radius 1 is 1.42 bits per heavy atom. The summed E-state index contributed by atoms with van der Waals surface area (Å²) < 4.78 is 0.745. The molecule has 0 amide bonds. The van der Waals surface area contributed by atoms with Gasteiger partial charge in [-0.15, -0.1) is 0 Å². The van der Waals surface area contributed by atoms with Gasteiger partial charge in [-0.05, 0) is 33.6 Å². The average molecular weight is 265 g/mol. The number of halogens is 3. The second kappa shape index (κ2) is 4.13. The molecule has 0 N–H and O–H groups in total. The second-order valence-corrected chi connectivity index (χ2v) is 3.83. The molecule has 0 bridgehead atoms. The highest BCUT2D eigenvalue weighted by Gasteiger charge is 2.05. The van der Waals surface area contributed by atoms with Crippen LogP contribution in [0.5, 0.6) is 0 Å². The summed E-state index contributed by atoms with van der Waals surface area (Å²) in [5.74, 6) is 0. The molecule has 62 valence electrons. The van der Waals surface area contributed by atoms with Crippen LogP contribution in [0.3, 0.4) is 0 Å². The van der Waals surface area contributed by atoms with E-state index in [1.165, 1.54) is 0 Å². The Morgan fingerprint density at radius 2 is 2.08 bits per heavy atom. The first kappa shape index (κ1) is 9.85. The molecule has 0 atom stereocenters. The van der Waals surface area contributed by atoms with Crippen molar-refractivity contribution in [2.75, 3.05) is 0 Å². The van der Waals surface area contributed by atoms with Crippen LogP contribution in [0.25, 0.3) is 0 Å². The first-order valence-corrected chi connectivity index (χ1v) is 4.70. The number of hydrogen-bond donors (Lipinski definition) is 0. The molecule has 0 spiro atoms. The summed E-state index contributed by atoms with van der Waals surface area (Å²) in [4.78, 5) is 0. The van der Waals surface area contributed by atoms with Crippen molar-refractivity contribution in [3.05, 3.63) is 32.2 Å². The number of nitriles is 1. The van der Waals surface area contributed by atoms with Crippen molar-refractivity contribution < 1.29 is 0 Å². The van der Waals surface area contributed by atoms with Crippen molar-refractivity contribution in [3.63, 3.8) is 0 Å². The van der Waals surface area contributed by atoms with Gasteiger partial charge in [0.15, 0.2) is 0 Å². The zero-order valence-corrected chi connectivity index (χ0v) is 9.04. The molecule has 0 unspecified atom stereocenters.